The molecule has 0 aliphatic heterocycles. The lowest BCUT2D eigenvalue weighted by molar-refractivity contribution is 0.0607. The van der Waals surface area contributed by atoms with E-state index in [0.29, 0.717) is 4.88 Å². The van der Waals surface area contributed by atoms with Crippen LogP contribution in [0.1, 0.15) is 15.2 Å². The van der Waals surface area contributed by atoms with Crippen LogP contribution in [0.25, 0.3) is 11.1 Å². The topological polar surface area (TPSA) is 38.3 Å². The molecular formula is C19H17NO2S2. The van der Waals surface area contributed by atoms with E-state index in [1.807, 2.05) is 35.7 Å². The second-order valence-electron chi connectivity index (χ2n) is 5.20. The number of rotatable bonds is 5. The van der Waals surface area contributed by atoms with E-state index in [4.69, 9.17) is 4.74 Å². The number of hydrogen-bond donors (Lipinski definition) is 1. The van der Waals surface area contributed by atoms with Crippen molar-refractivity contribution in [1.82, 2.24) is 0 Å². The van der Waals surface area contributed by atoms with Crippen LogP contribution >= 0.6 is 23.3 Å². The Bertz CT molecular complexity index is 858. The van der Waals surface area contributed by atoms with Gasteiger partial charge in [0.05, 0.1) is 12.8 Å². The first-order chi connectivity index (χ1) is 11.7. The summed E-state index contributed by atoms with van der Waals surface area (Å²) in [6.45, 7) is 2.11. The number of anilines is 1. The van der Waals surface area contributed by atoms with Gasteiger partial charge < -0.3 is 9.46 Å². The van der Waals surface area contributed by atoms with Crippen molar-refractivity contribution in [1.29, 1.82) is 0 Å². The molecule has 0 spiro atoms. The number of hydrogen-bond acceptors (Lipinski definition) is 5. The van der Waals surface area contributed by atoms with Crippen LogP contribution < -0.4 is 4.72 Å². The number of methoxy groups -OCH3 is 1. The van der Waals surface area contributed by atoms with E-state index in [2.05, 4.69) is 35.9 Å². The second kappa shape index (κ2) is 7.55. The highest BCUT2D eigenvalue weighted by Gasteiger charge is 2.13. The van der Waals surface area contributed by atoms with Gasteiger partial charge >= 0.3 is 5.97 Å². The Kier molecular flexibility index (Phi) is 5.23. The average molecular weight is 355 g/mol. The summed E-state index contributed by atoms with van der Waals surface area (Å²) in [6, 6.07) is 18.6. The van der Waals surface area contributed by atoms with Gasteiger partial charge in [0.2, 0.25) is 0 Å². The summed E-state index contributed by atoms with van der Waals surface area (Å²) in [6.07, 6.45) is 0. The molecule has 0 aliphatic carbocycles. The van der Waals surface area contributed by atoms with E-state index < -0.39 is 0 Å². The van der Waals surface area contributed by atoms with Crippen molar-refractivity contribution in [2.24, 2.45) is 0 Å². The fraction of sp³-hybridized carbons (Fsp3) is 0.105. The first-order valence-electron chi connectivity index (χ1n) is 7.44. The molecule has 24 heavy (non-hydrogen) atoms. The van der Waals surface area contributed by atoms with Crippen LogP contribution in [0.15, 0.2) is 64.9 Å². The molecule has 0 aliphatic rings. The predicted octanol–water partition coefficient (Wildman–Crippen LogP) is 5.63. The standard InChI is InChI=1S/C19H17NO2S2/c1-13-6-3-4-9-16(13)14-7-5-8-15(12-14)24-20-17-10-11-23-18(17)19(21)22-2/h3-12,20H,1-2H3. The van der Waals surface area contributed by atoms with Crippen LogP contribution in [0.4, 0.5) is 5.69 Å². The van der Waals surface area contributed by atoms with E-state index in [-0.39, 0.29) is 5.97 Å². The Morgan fingerprint density at radius 2 is 1.96 bits per heavy atom. The van der Waals surface area contributed by atoms with Crippen molar-refractivity contribution in [2.75, 3.05) is 11.8 Å². The maximum Gasteiger partial charge on any atom is 0.350 e. The van der Waals surface area contributed by atoms with Gasteiger partial charge in [0.15, 0.2) is 0 Å². The maximum atomic E-state index is 11.7. The third kappa shape index (κ3) is 3.63. The van der Waals surface area contributed by atoms with Crippen molar-refractivity contribution < 1.29 is 9.53 Å². The molecular weight excluding hydrogens is 338 g/mol. The number of esters is 1. The Morgan fingerprint density at radius 1 is 1.12 bits per heavy atom. The molecule has 3 aromatic rings. The van der Waals surface area contributed by atoms with Gasteiger partial charge in [-0.25, -0.2) is 4.79 Å². The largest absolute Gasteiger partial charge is 0.465 e. The maximum absolute atomic E-state index is 11.7. The van der Waals surface area contributed by atoms with E-state index in [1.54, 1.807) is 0 Å². The lowest BCUT2D eigenvalue weighted by Crippen LogP contribution is -2.01. The highest BCUT2D eigenvalue weighted by atomic mass is 32.2. The summed E-state index contributed by atoms with van der Waals surface area (Å²) in [4.78, 5) is 13.4. The van der Waals surface area contributed by atoms with Crippen LogP contribution in [0.2, 0.25) is 0 Å². The molecule has 1 N–H and O–H groups in total. The van der Waals surface area contributed by atoms with E-state index in [9.17, 15) is 4.79 Å². The minimum Gasteiger partial charge on any atom is -0.465 e. The molecule has 0 bridgehead atoms. The van der Waals surface area contributed by atoms with Crippen molar-refractivity contribution in [3.8, 4) is 11.1 Å². The minimum absolute atomic E-state index is 0.318. The summed E-state index contributed by atoms with van der Waals surface area (Å²) in [7, 11) is 1.39. The van der Waals surface area contributed by atoms with Gasteiger partial charge in [-0.05, 0) is 59.1 Å². The lowest BCUT2D eigenvalue weighted by atomic mass is 10.0. The summed E-state index contributed by atoms with van der Waals surface area (Å²) < 4.78 is 8.04. The molecule has 0 radical (unpaired) electrons. The third-order valence-electron chi connectivity index (χ3n) is 3.60. The second-order valence-corrected chi connectivity index (χ2v) is 7.00. The monoisotopic (exact) mass is 355 g/mol. The first-order valence-corrected chi connectivity index (χ1v) is 9.13. The fourth-order valence-corrected chi connectivity index (χ4v) is 3.94. The molecule has 0 atom stereocenters. The van der Waals surface area contributed by atoms with Crippen LogP contribution in [-0.2, 0) is 4.74 Å². The quantitative estimate of drug-likeness (QED) is 0.475. The highest BCUT2D eigenvalue weighted by Crippen LogP contribution is 2.31. The van der Waals surface area contributed by atoms with Crippen molar-refractivity contribution >= 4 is 34.9 Å². The predicted molar refractivity (Wildman–Crippen MR) is 102 cm³/mol. The summed E-state index contributed by atoms with van der Waals surface area (Å²) in [5.41, 5.74) is 4.43. The number of thiophene rings is 1. The smallest absolute Gasteiger partial charge is 0.350 e. The van der Waals surface area contributed by atoms with Gasteiger partial charge in [-0.2, -0.15) is 0 Å². The molecule has 122 valence electrons. The molecule has 0 fully saturated rings. The number of aryl methyl sites for hydroxylation is 1. The van der Waals surface area contributed by atoms with E-state index in [1.165, 1.54) is 47.1 Å². The third-order valence-corrected chi connectivity index (χ3v) is 5.31. The normalized spacial score (nSPS) is 10.4. The van der Waals surface area contributed by atoms with E-state index in [0.717, 1.165) is 10.6 Å². The van der Waals surface area contributed by atoms with Crippen LogP contribution in [0.3, 0.4) is 0 Å². The molecule has 1 heterocycles. The Morgan fingerprint density at radius 3 is 2.75 bits per heavy atom. The average Bonchev–Trinajstić information content (AvgIpc) is 3.08. The van der Waals surface area contributed by atoms with Crippen molar-refractivity contribution in [2.45, 2.75) is 11.8 Å². The fourth-order valence-electron chi connectivity index (χ4n) is 2.38. The molecule has 3 rings (SSSR count). The van der Waals surface area contributed by atoms with Crippen molar-refractivity contribution in [3.05, 3.63) is 70.4 Å². The Hall–Kier alpha value is -2.24. The number of benzene rings is 2. The molecule has 0 saturated carbocycles. The number of nitrogens with one attached hydrogen (secondary N) is 1. The lowest BCUT2D eigenvalue weighted by Gasteiger charge is -2.09. The van der Waals surface area contributed by atoms with Crippen LogP contribution in [0, 0.1) is 6.92 Å². The number of carbonyl (C=O) groups excluding carboxylic acids is 1. The SMILES string of the molecule is COC(=O)c1sccc1NSc1cccc(-c2ccccc2C)c1. The van der Waals surface area contributed by atoms with Gasteiger partial charge in [0.25, 0.3) is 0 Å². The first kappa shape index (κ1) is 16.6. The summed E-state index contributed by atoms with van der Waals surface area (Å²) in [5, 5.41) is 1.87. The molecule has 0 unspecified atom stereocenters. The molecule has 0 amide bonds. The zero-order chi connectivity index (χ0) is 16.9. The van der Waals surface area contributed by atoms with Crippen molar-refractivity contribution in [3.63, 3.8) is 0 Å². The van der Waals surface area contributed by atoms with Crippen LogP contribution in [0.5, 0.6) is 0 Å². The van der Waals surface area contributed by atoms with Crippen LogP contribution in [-0.4, -0.2) is 13.1 Å². The minimum atomic E-state index is -0.318. The molecule has 0 saturated heterocycles. The molecule has 2 aromatic carbocycles. The zero-order valence-corrected chi connectivity index (χ0v) is 15.0. The molecule has 5 heteroatoms. The summed E-state index contributed by atoms with van der Waals surface area (Å²) in [5.74, 6) is -0.318. The Balaban J connectivity index is 1.78. The van der Waals surface area contributed by atoms with Gasteiger partial charge in [0.1, 0.15) is 4.88 Å². The number of carbonyl (C=O) groups is 1. The van der Waals surface area contributed by atoms with Gasteiger partial charge in [-0.1, -0.05) is 36.4 Å². The van der Waals surface area contributed by atoms with Gasteiger partial charge in [-0.3, -0.25) is 0 Å². The molecule has 1 aromatic heterocycles. The number of ether oxygens (including phenoxy) is 1. The van der Waals surface area contributed by atoms with E-state index >= 15 is 0 Å². The van der Waals surface area contributed by atoms with Gasteiger partial charge in [0, 0.05) is 4.90 Å². The zero-order valence-electron chi connectivity index (χ0n) is 13.4. The molecule has 3 nitrogen and oxygen atoms in total. The highest BCUT2D eigenvalue weighted by molar-refractivity contribution is 8.00. The van der Waals surface area contributed by atoms with Gasteiger partial charge in [-0.15, -0.1) is 11.3 Å². The Labute approximate surface area is 149 Å². The summed E-state index contributed by atoms with van der Waals surface area (Å²) >= 11 is 2.85.